The van der Waals surface area contributed by atoms with E-state index in [4.69, 9.17) is 9.47 Å². The predicted octanol–water partition coefficient (Wildman–Crippen LogP) is 0.917. The SMILES string of the molecule is CC(=O)Nc1ncc2ncn(CCC(COC(C)=O)COC(C)=O)c2n1. The molecule has 2 aromatic heterocycles. The largest absolute Gasteiger partial charge is 0.465 e. The summed E-state index contributed by atoms with van der Waals surface area (Å²) in [5.41, 5.74) is 1.16. The highest BCUT2D eigenvalue weighted by Gasteiger charge is 2.15. The molecule has 10 nitrogen and oxygen atoms in total. The Kier molecular flexibility index (Phi) is 6.59. The van der Waals surface area contributed by atoms with Gasteiger partial charge in [-0.05, 0) is 6.42 Å². The standard InChI is InChI=1S/C16H21N5O5/c1-10(22)19-16-17-6-14-15(20-16)21(9-18-14)5-4-13(7-25-11(2)23)8-26-12(3)24/h6,9,13H,4-5,7-8H2,1-3H3,(H,17,19,20,22). The van der Waals surface area contributed by atoms with Crippen molar-refractivity contribution in [1.29, 1.82) is 0 Å². The van der Waals surface area contributed by atoms with Gasteiger partial charge in [-0.3, -0.25) is 19.7 Å². The molecule has 0 fully saturated rings. The van der Waals surface area contributed by atoms with Crippen molar-refractivity contribution in [2.45, 2.75) is 33.7 Å². The van der Waals surface area contributed by atoms with Gasteiger partial charge in [0.05, 0.1) is 25.7 Å². The van der Waals surface area contributed by atoms with E-state index in [1.54, 1.807) is 10.9 Å². The van der Waals surface area contributed by atoms with Crippen molar-refractivity contribution in [2.75, 3.05) is 18.5 Å². The lowest BCUT2D eigenvalue weighted by molar-refractivity contribution is -0.146. The van der Waals surface area contributed by atoms with E-state index in [0.717, 1.165) is 0 Å². The second-order valence-corrected chi connectivity index (χ2v) is 5.78. The van der Waals surface area contributed by atoms with E-state index in [2.05, 4.69) is 20.3 Å². The minimum atomic E-state index is -0.390. The van der Waals surface area contributed by atoms with Crippen molar-refractivity contribution in [3.8, 4) is 0 Å². The lowest BCUT2D eigenvalue weighted by Crippen LogP contribution is -2.21. The second kappa shape index (κ2) is 8.88. The molecule has 0 saturated heterocycles. The Balaban J connectivity index is 2.07. The first-order valence-corrected chi connectivity index (χ1v) is 8.07. The Bertz CT molecular complexity index is 785. The maximum Gasteiger partial charge on any atom is 0.302 e. The van der Waals surface area contributed by atoms with Gasteiger partial charge in [0.2, 0.25) is 11.9 Å². The first kappa shape index (κ1) is 19.3. The molecule has 26 heavy (non-hydrogen) atoms. The number of hydrogen-bond acceptors (Lipinski definition) is 8. The first-order valence-electron chi connectivity index (χ1n) is 8.07. The van der Waals surface area contributed by atoms with Gasteiger partial charge in [0.1, 0.15) is 5.52 Å². The van der Waals surface area contributed by atoms with Crippen molar-refractivity contribution in [1.82, 2.24) is 19.5 Å². The number of imidazole rings is 1. The average molecular weight is 363 g/mol. The summed E-state index contributed by atoms with van der Waals surface area (Å²) in [4.78, 5) is 45.7. The van der Waals surface area contributed by atoms with Crippen LogP contribution in [0.2, 0.25) is 0 Å². The number of amides is 1. The summed E-state index contributed by atoms with van der Waals surface area (Å²) in [5.74, 6) is -1.00. The maximum absolute atomic E-state index is 11.1. The summed E-state index contributed by atoms with van der Waals surface area (Å²) in [6.07, 6.45) is 3.72. The predicted molar refractivity (Wildman–Crippen MR) is 91.0 cm³/mol. The number of anilines is 1. The van der Waals surface area contributed by atoms with E-state index in [1.807, 2.05) is 0 Å². The maximum atomic E-state index is 11.1. The van der Waals surface area contributed by atoms with Crippen molar-refractivity contribution >= 4 is 35.0 Å². The van der Waals surface area contributed by atoms with Crippen LogP contribution in [0.3, 0.4) is 0 Å². The average Bonchev–Trinajstić information content (AvgIpc) is 2.95. The Labute approximate surface area is 149 Å². The molecule has 10 heteroatoms. The van der Waals surface area contributed by atoms with Crippen molar-refractivity contribution in [2.24, 2.45) is 5.92 Å². The van der Waals surface area contributed by atoms with Crippen LogP contribution >= 0.6 is 0 Å². The lowest BCUT2D eigenvalue weighted by atomic mass is 10.1. The number of nitrogens with one attached hydrogen (secondary N) is 1. The van der Waals surface area contributed by atoms with Crippen molar-refractivity contribution in [3.63, 3.8) is 0 Å². The molecular formula is C16H21N5O5. The molecule has 1 amide bonds. The number of ether oxygens (including phenoxy) is 2. The molecule has 2 rings (SSSR count). The van der Waals surface area contributed by atoms with E-state index in [-0.39, 0.29) is 31.0 Å². The minimum Gasteiger partial charge on any atom is -0.465 e. The van der Waals surface area contributed by atoms with Gasteiger partial charge >= 0.3 is 11.9 Å². The fourth-order valence-electron chi connectivity index (χ4n) is 2.24. The van der Waals surface area contributed by atoms with Crippen LogP contribution in [0.15, 0.2) is 12.5 Å². The number of rotatable bonds is 8. The van der Waals surface area contributed by atoms with Gasteiger partial charge in [-0.15, -0.1) is 0 Å². The van der Waals surface area contributed by atoms with Crippen LogP contribution < -0.4 is 5.32 Å². The minimum absolute atomic E-state index is 0.154. The summed E-state index contributed by atoms with van der Waals surface area (Å²) in [6, 6.07) is 0. The summed E-state index contributed by atoms with van der Waals surface area (Å²) < 4.78 is 11.9. The normalized spacial score (nSPS) is 10.8. The van der Waals surface area contributed by atoms with Crippen LogP contribution in [-0.4, -0.2) is 50.6 Å². The third-order valence-electron chi connectivity index (χ3n) is 3.47. The molecule has 0 aliphatic carbocycles. The Morgan fingerprint density at radius 1 is 1.12 bits per heavy atom. The molecule has 140 valence electrons. The molecule has 1 N–H and O–H groups in total. The smallest absolute Gasteiger partial charge is 0.302 e. The van der Waals surface area contributed by atoms with Crippen LogP contribution in [0.5, 0.6) is 0 Å². The summed E-state index contributed by atoms with van der Waals surface area (Å²) in [6.45, 7) is 4.85. The molecule has 0 aromatic carbocycles. The molecule has 0 radical (unpaired) electrons. The van der Waals surface area contributed by atoms with E-state index in [9.17, 15) is 14.4 Å². The number of nitrogens with zero attached hydrogens (tertiary/aromatic N) is 4. The highest BCUT2D eigenvalue weighted by Crippen LogP contribution is 2.14. The third-order valence-corrected chi connectivity index (χ3v) is 3.47. The van der Waals surface area contributed by atoms with Gasteiger partial charge in [-0.2, -0.15) is 4.98 Å². The number of aromatic nitrogens is 4. The fourth-order valence-corrected chi connectivity index (χ4v) is 2.24. The number of esters is 2. The summed E-state index contributed by atoms with van der Waals surface area (Å²) in [5, 5.41) is 2.53. The highest BCUT2D eigenvalue weighted by molar-refractivity contribution is 5.87. The zero-order chi connectivity index (χ0) is 19.1. The van der Waals surface area contributed by atoms with E-state index in [1.165, 1.54) is 27.0 Å². The molecule has 0 saturated carbocycles. The molecule has 0 bridgehead atoms. The molecule has 2 aromatic rings. The molecule has 2 heterocycles. The summed E-state index contributed by atoms with van der Waals surface area (Å²) >= 11 is 0. The van der Waals surface area contributed by atoms with Gasteiger partial charge in [0, 0.05) is 33.2 Å². The zero-order valence-electron chi connectivity index (χ0n) is 14.9. The third kappa shape index (κ3) is 5.80. The Morgan fingerprint density at radius 2 is 1.77 bits per heavy atom. The molecule has 0 spiro atoms. The van der Waals surface area contributed by atoms with Crippen molar-refractivity contribution < 1.29 is 23.9 Å². The highest BCUT2D eigenvalue weighted by atomic mass is 16.5. The number of carbonyl (C=O) groups is 3. The molecule has 0 aliphatic rings. The van der Waals surface area contributed by atoms with Gasteiger partial charge in [-0.25, -0.2) is 9.97 Å². The van der Waals surface area contributed by atoms with Crippen LogP contribution in [0.4, 0.5) is 5.95 Å². The van der Waals surface area contributed by atoms with Crippen LogP contribution in [0.1, 0.15) is 27.2 Å². The lowest BCUT2D eigenvalue weighted by Gasteiger charge is -2.16. The van der Waals surface area contributed by atoms with E-state index < -0.39 is 11.9 Å². The number of aryl methyl sites for hydroxylation is 1. The molecule has 0 atom stereocenters. The monoisotopic (exact) mass is 363 g/mol. The van der Waals surface area contributed by atoms with Gasteiger partial charge < -0.3 is 14.0 Å². The van der Waals surface area contributed by atoms with Gasteiger partial charge in [0.25, 0.3) is 0 Å². The number of hydrogen-bond donors (Lipinski definition) is 1. The molecule has 0 aliphatic heterocycles. The van der Waals surface area contributed by atoms with Crippen molar-refractivity contribution in [3.05, 3.63) is 12.5 Å². The topological polar surface area (TPSA) is 125 Å². The molecular weight excluding hydrogens is 342 g/mol. The van der Waals surface area contributed by atoms with Gasteiger partial charge in [-0.1, -0.05) is 0 Å². The number of fused-ring (bicyclic) bond motifs is 1. The first-order chi connectivity index (χ1) is 12.3. The van der Waals surface area contributed by atoms with E-state index >= 15 is 0 Å². The molecule has 0 unspecified atom stereocenters. The quantitative estimate of drug-likeness (QED) is 0.686. The second-order valence-electron chi connectivity index (χ2n) is 5.78. The van der Waals surface area contributed by atoms with E-state index in [0.29, 0.717) is 24.1 Å². The van der Waals surface area contributed by atoms with Crippen LogP contribution in [0.25, 0.3) is 11.2 Å². The Hall–Kier alpha value is -3.04. The van der Waals surface area contributed by atoms with Crippen LogP contribution in [0, 0.1) is 5.92 Å². The zero-order valence-corrected chi connectivity index (χ0v) is 14.9. The summed E-state index contributed by atoms with van der Waals surface area (Å²) in [7, 11) is 0. The number of carbonyl (C=O) groups excluding carboxylic acids is 3. The fraction of sp³-hybridized carbons (Fsp3) is 0.500. The Morgan fingerprint density at radius 3 is 2.35 bits per heavy atom. The van der Waals surface area contributed by atoms with Gasteiger partial charge in [0.15, 0.2) is 5.65 Å². The van der Waals surface area contributed by atoms with Crippen LogP contribution in [-0.2, 0) is 30.4 Å².